The summed E-state index contributed by atoms with van der Waals surface area (Å²) < 4.78 is 0. The average molecular weight is 214 g/mol. The smallest absolute Gasteiger partial charge is 0.232 e. The molecular formula is C7H14N6O2. The largest absolute Gasteiger partial charge is 0.395 e. The average Bonchev–Trinajstić information content (AvgIpc) is 2.16. The monoisotopic (exact) mass is 214 g/mol. The first kappa shape index (κ1) is 11.4. The second-order valence-corrected chi connectivity index (χ2v) is 2.79. The summed E-state index contributed by atoms with van der Waals surface area (Å²) in [4.78, 5) is 12.9. The molecule has 0 fully saturated rings. The standard InChI is InChI=1S/C7H14N6O2/c8-5-10-6(9)12-7(11-5)13(1-3-14)2-4-15/h14-15H,1-4H2,(H4,8,9,10,11,12). The molecule has 0 amide bonds. The quantitative estimate of drug-likeness (QED) is 0.435. The number of rotatable bonds is 5. The van der Waals surface area contributed by atoms with E-state index in [4.69, 9.17) is 21.7 Å². The maximum atomic E-state index is 8.81. The summed E-state index contributed by atoms with van der Waals surface area (Å²) in [5, 5.41) is 17.6. The van der Waals surface area contributed by atoms with Crippen LogP contribution in [0.1, 0.15) is 0 Å². The van der Waals surface area contributed by atoms with Crippen molar-refractivity contribution in [1.82, 2.24) is 15.0 Å². The minimum atomic E-state index is -0.0779. The van der Waals surface area contributed by atoms with Crippen molar-refractivity contribution in [3.05, 3.63) is 0 Å². The van der Waals surface area contributed by atoms with E-state index in [-0.39, 0.29) is 31.1 Å². The summed E-state index contributed by atoms with van der Waals surface area (Å²) in [5.41, 5.74) is 10.8. The molecule has 0 spiro atoms. The zero-order valence-corrected chi connectivity index (χ0v) is 8.17. The third-order valence-electron chi connectivity index (χ3n) is 1.68. The van der Waals surface area contributed by atoms with Crippen LogP contribution in [0.5, 0.6) is 0 Å². The van der Waals surface area contributed by atoms with Gasteiger partial charge in [-0.15, -0.1) is 0 Å². The van der Waals surface area contributed by atoms with Gasteiger partial charge in [-0.1, -0.05) is 0 Å². The van der Waals surface area contributed by atoms with Crippen LogP contribution in [0.4, 0.5) is 17.8 Å². The molecule has 0 unspecified atom stereocenters. The molecule has 0 radical (unpaired) electrons. The molecule has 0 saturated heterocycles. The highest BCUT2D eigenvalue weighted by Gasteiger charge is 2.10. The van der Waals surface area contributed by atoms with Gasteiger partial charge < -0.3 is 26.6 Å². The third-order valence-corrected chi connectivity index (χ3v) is 1.68. The molecule has 6 N–H and O–H groups in total. The Labute approximate surface area is 86.6 Å². The van der Waals surface area contributed by atoms with Crippen molar-refractivity contribution in [3.63, 3.8) is 0 Å². The number of nitrogens with zero attached hydrogens (tertiary/aromatic N) is 4. The Morgan fingerprint density at radius 1 is 0.933 bits per heavy atom. The van der Waals surface area contributed by atoms with Crippen molar-refractivity contribution in [2.45, 2.75) is 0 Å². The van der Waals surface area contributed by atoms with Gasteiger partial charge in [-0.2, -0.15) is 15.0 Å². The summed E-state index contributed by atoms with van der Waals surface area (Å²) in [7, 11) is 0. The highest BCUT2D eigenvalue weighted by Crippen LogP contribution is 2.09. The lowest BCUT2D eigenvalue weighted by Gasteiger charge is -2.20. The Kier molecular flexibility index (Phi) is 4.01. The van der Waals surface area contributed by atoms with Gasteiger partial charge in [0.15, 0.2) is 0 Å². The number of nitrogen functional groups attached to an aromatic ring is 2. The molecule has 1 aromatic rings. The Hall–Kier alpha value is -1.67. The first-order valence-corrected chi connectivity index (χ1v) is 4.41. The molecule has 0 atom stereocenters. The summed E-state index contributed by atoms with van der Waals surface area (Å²) >= 11 is 0. The van der Waals surface area contributed by atoms with Crippen LogP contribution in [0.15, 0.2) is 0 Å². The van der Waals surface area contributed by atoms with Gasteiger partial charge in [0.25, 0.3) is 0 Å². The lowest BCUT2D eigenvalue weighted by atomic mass is 10.5. The fraction of sp³-hybridized carbons (Fsp3) is 0.571. The number of aromatic nitrogens is 3. The molecule has 0 bridgehead atoms. The second-order valence-electron chi connectivity index (χ2n) is 2.79. The zero-order valence-electron chi connectivity index (χ0n) is 8.17. The predicted octanol–water partition coefficient (Wildman–Crippen LogP) is -2.17. The van der Waals surface area contributed by atoms with E-state index in [1.54, 1.807) is 4.90 Å². The number of aliphatic hydroxyl groups is 2. The van der Waals surface area contributed by atoms with E-state index in [2.05, 4.69) is 15.0 Å². The van der Waals surface area contributed by atoms with Gasteiger partial charge in [0.2, 0.25) is 17.8 Å². The van der Waals surface area contributed by atoms with E-state index in [9.17, 15) is 0 Å². The molecule has 0 aliphatic rings. The highest BCUT2D eigenvalue weighted by atomic mass is 16.3. The zero-order chi connectivity index (χ0) is 11.3. The van der Waals surface area contributed by atoms with Crippen molar-refractivity contribution in [2.75, 3.05) is 42.7 Å². The Morgan fingerprint density at radius 2 is 1.40 bits per heavy atom. The van der Waals surface area contributed by atoms with Crippen molar-refractivity contribution in [1.29, 1.82) is 0 Å². The number of nitrogens with two attached hydrogens (primary N) is 2. The molecule has 0 aliphatic carbocycles. The lowest BCUT2D eigenvalue weighted by molar-refractivity contribution is 0.280. The SMILES string of the molecule is Nc1nc(N)nc(N(CCO)CCO)n1. The van der Waals surface area contributed by atoms with Crippen molar-refractivity contribution < 1.29 is 10.2 Å². The number of hydrogen-bond donors (Lipinski definition) is 4. The molecule has 0 aromatic carbocycles. The first-order chi connectivity index (χ1) is 7.17. The minimum Gasteiger partial charge on any atom is -0.395 e. The van der Waals surface area contributed by atoms with E-state index < -0.39 is 0 Å². The summed E-state index contributed by atoms with van der Waals surface area (Å²) in [6.07, 6.45) is 0. The Morgan fingerprint density at radius 3 is 1.80 bits per heavy atom. The maximum Gasteiger partial charge on any atom is 0.232 e. The first-order valence-electron chi connectivity index (χ1n) is 4.41. The predicted molar refractivity (Wildman–Crippen MR) is 55.0 cm³/mol. The van der Waals surface area contributed by atoms with Crippen LogP contribution in [0.3, 0.4) is 0 Å². The van der Waals surface area contributed by atoms with Gasteiger partial charge in [-0.25, -0.2) is 0 Å². The molecule has 0 aliphatic heterocycles. The topological polar surface area (TPSA) is 134 Å². The molecule has 1 heterocycles. The number of aliphatic hydroxyl groups excluding tert-OH is 2. The van der Waals surface area contributed by atoms with Crippen LogP contribution >= 0.6 is 0 Å². The molecule has 8 nitrogen and oxygen atoms in total. The van der Waals surface area contributed by atoms with Crippen LogP contribution in [-0.2, 0) is 0 Å². The van der Waals surface area contributed by atoms with E-state index in [1.807, 2.05) is 0 Å². The lowest BCUT2D eigenvalue weighted by Crippen LogP contribution is -2.31. The van der Waals surface area contributed by atoms with Crippen molar-refractivity contribution in [2.24, 2.45) is 0 Å². The van der Waals surface area contributed by atoms with E-state index in [0.29, 0.717) is 13.1 Å². The molecule has 1 aromatic heterocycles. The minimum absolute atomic E-state index is 0.0124. The van der Waals surface area contributed by atoms with Crippen LogP contribution in [0.25, 0.3) is 0 Å². The van der Waals surface area contributed by atoms with E-state index >= 15 is 0 Å². The fourth-order valence-corrected chi connectivity index (χ4v) is 1.09. The molecule has 84 valence electrons. The number of hydrogen-bond acceptors (Lipinski definition) is 8. The summed E-state index contributed by atoms with van der Waals surface area (Å²) in [5.74, 6) is 0.278. The van der Waals surface area contributed by atoms with E-state index in [0.717, 1.165) is 0 Å². The van der Waals surface area contributed by atoms with Crippen LogP contribution in [0, 0.1) is 0 Å². The number of anilines is 3. The van der Waals surface area contributed by atoms with Crippen molar-refractivity contribution in [3.8, 4) is 0 Å². The second kappa shape index (κ2) is 5.27. The molecule has 15 heavy (non-hydrogen) atoms. The molecule has 0 saturated carbocycles. The van der Waals surface area contributed by atoms with Gasteiger partial charge in [0.1, 0.15) is 0 Å². The van der Waals surface area contributed by atoms with Crippen LogP contribution < -0.4 is 16.4 Å². The van der Waals surface area contributed by atoms with Crippen LogP contribution in [0.2, 0.25) is 0 Å². The maximum absolute atomic E-state index is 8.81. The van der Waals surface area contributed by atoms with Gasteiger partial charge in [-0.3, -0.25) is 0 Å². The van der Waals surface area contributed by atoms with Gasteiger partial charge in [-0.05, 0) is 0 Å². The molecular weight excluding hydrogens is 200 g/mol. The van der Waals surface area contributed by atoms with Crippen LogP contribution in [-0.4, -0.2) is 51.5 Å². The van der Waals surface area contributed by atoms with Gasteiger partial charge in [0.05, 0.1) is 13.2 Å². The van der Waals surface area contributed by atoms with Crippen molar-refractivity contribution >= 4 is 17.8 Å². The van der Waals surface area contributed by atoms with Gasteiger partial charge >= 0.3 is 0 Å². The Bertz CT molecular complexity index is 294. The fourth-order valence-electron chi connectivity index (χ4n) is 1.09. The normalized spacial score (nSPS) is 10.3. The molecule has 1 rings (SSSR count). The third kappa shape index (κ3) is 3.18. The Balaban J connectivity index is 2.88. The highest BCUT2D eigenvalue weighted by molar-refractivity contribution is 5.39. The summed E-state index contributed by atoms with van der Waals surface area (Å²) in [6, 6.07) is 0. The summed E-state index contributed by atoms with van der Waals surface area (Å²) in [6.45, 7) is 0.434. The van der Waals surface area contributed by atoms with Gasteiger partial charge in [0, 0.05) is 13.1 Å². The van der Waals surface area contributed by atoms with E-state index in [1.165, 1.54) is 0 Å². The molecule has 8 heteroatoms.